The summed E-state index contributed by atoms with van der Waals surface area (Å²) in [7, 11) is 0. The number of benzene rings is 1. The van der Waals surface area contributed by atoms with Crippen molar-refractivity contribution in [3.63, 3.8) is 0 Å². The molecule has 0 fully saturated rings. The van der Waals surface area contributed by atoms with Crippen molar-refractivity contribution in [2.24, 2.45) is 5.73 Å². The predicted octanol–water partition coefficient (Wildman–Crippen LogP) is 4.36. The summed E-state index contributed by atoms with van der Waals surface area (Å²) in [5, 5.41) is 11.3. The van der Waals surface area contributed by atoms with Crippen LogP contribution >= 0.6 is 27.3 Å². The van der Waals surface area contributed by atoms with Gasteiger partial charge in [0.05, 0.1) is 4.88 Å². The maximum Gasteiger partial charge on any atom is 0.205 e. The zero-order valence-corrected chi connectivity index (χ0v) is 13.3. The average Bonchev–Trinajstić information content (AvgIpc) is 3.01. The van der Waals surface area contributed by atoms with Crippen LogP contribution in [-0.2, 0) is 4.74 Å². The average molecular weight is 359 g/mol. The Balaban J connectivity index is 2.07. The van der Waals surface area contributed by atoms with E-state index in [2.05, 4.69) is 22.0 Å². The third-order valence-electron chi connectivity index (χ3n) is 3.23. The molecule has 0 spiro atoms. The van der Waals surface area contributed by atoms with Crippen LogP contribution in [0.5, 0.6) is 0 Å². The third kappa shape index (κ3) is 2.73. The van der Waals surface area contributed by atoms with E-state index in [9.17, 15) is 5.26 Å². The quantitative estimate of drug-likeness (QED) is 0.867. The van der Waals surface area contributed by atoms with Gasteiger partial charge in [-0.25, -0.2) is 0 Å². The van der Waals surface area contributed by atoms with E-state index >= 15 is 0 Å². The number of rotatable bonds is 2. The van der Waals surface area contributed by atoms with Crippen molar-refractivity contribution in [3.8, 4) is 6.07 Å². The summed E-state index contributed by atoms with van der Waals surface area (Å²) in [5.41, 5.74) is 7.38. The van der Waals surface area contributed by atoms with Crippen LogP contribution in [0.25, 0.3) is 5.76 Å². The zero-order valence-electron chi connectivity index (χ0n) is 10.9. The third-order valence-corrected chi connectivity index (χ3v) is 4.64. The molecule has 3 rings (SSSR count). The molecule has 1 atom stereocenters. The molecule has 1 aliphatic heterocycles. The van der Waals surface area contributed by atoms with Gasteiger partial charge >= 0.3 is 0 Å². The van der Waals surface area contributed by atoms with Crippen molar-refractivity contribution in [2.75, 3.05) is 0 Å². The Kier molecular flexibility index (Phi) is 3.82. The fraction of sp³-hybridized carbons (Fsp3) is 0.0625. The first-order chi connectivity index (χ1) is 10.2. The monoisotopic (exact) mass is 358 g/mol. The highest BCUT2D eigenvalue weighted by molar-refractivity contribution is 9.10. The van der Waals surface area contributed by atoms with Crippen LogP contribution in [0.1, 0.15) is 16.4 Å². The molecule has 0 aliphatic carbocycles. The van der Waals surface area contributed by atoms with Gasteiger partial charge < -0.3 is 10.5 Å². The lowest BCUT2D eigenvalue weighted by Gasteiger charge is -2.22. The number of thiophene rings is 1. The SMILES string of the molecule is N#CC1=C(N)OC(c2cccs2)=CC1c1ccc(Br)cc1. The van der Waals surface area contributed by atoms with E-state index in [1.165, 1.54) is 0 Å². The minimum absolute atomic E-state index is 0.177. The number of nitrogens with zero attached hydrogens (tertiary/aromatic N) is 1. The van der Waals surface area contributed by atoms with Crippen molar-refractivity contribution in [3.05, 3.63) is 74.2 Å². The fourth-order valence-electron chi connectivity index (χ4n) is 2.20. The number of ether oxygens (including phenoxy) is 1. The van der Waals surface area contributed by atoms with Crippen LogP contribution in [-0.4, -0.2) is 0 Å². The Morgan fingerprint density at radius 2 is 2.00 bits per heavy atom. The molecule has 2 aromatic rings. The first-order valence-electron chi connectivity index (χ1n) is 6.28. The summed E-state index contributed by atoms with van der Waals surface area (Å²) in [6, 6.07) is 14.0. The summed E-state index contributed by atoms with van der Waals surface area (Å²) < 4.78 is 6.60. The molecule has 5 heteroatoms. The van der Waals surface area contributed by atoms with Gasteiger partial charge in [0, 0.05) is 10.4 Å². The number of allylic oxidation sites excluding steroid dienone is 2. The minimum atomic E-state index is -0.186. The predicted molar refractivity (Wildman–Crippen MR) is 87.1 cm³/mol. The van der Waals surface area contributed by atoms with E-state index in [1.807, 2.05) is 47.9 Å². The second kappa shape index (κ2) is 5.76. The fourth-order valence-corrected chi connectivity index (χ4v) is 3.16. The lowest BCUT2D eigenvalue weighted by molar-refractivity contribution is 0.362. The molecular formula is C16H11BrN2OS. The van der Waals surface area contributed by atoms with Gasteiger partial charge in [-0.1, -0.05) is 34.1 Å². The molecule has 2 heterocycles. The summed E-state index contributed by atoms with van der Waals surface area (Å²) in [6.45, 7) is 0. The summed E-state index contributed by atoms with van der Waals surface area (Å²) in [5.74, 6) is 0.694. The molecule has 1 aromatic heterocycles. The highest BCUT2D eigenvalue weighted by Gasteiger charge is 2.26. The Morgan fingerprint density at radius 3 is 2.62 bits per heavy atom. The molecule has 1 aromatic carbocycles. The molecule has 0 radical (unpaired) electrons. The molecule has 104 valence electrons. The van der Waals surface area contributed by atoms with E-state index in [0.717, 1.165) is 14.9 Å². The van der Waals surface area contributed by atoms with Gasteiger partial charge in [0.2, 0.25) is 5.88 Å². The molecule has 0 bridgehead atoms. The normalized spacial score (nSPS) is 17.9. The standard InChI is InChI=1S/C16H11BrN2OS/c17-11-5-3-10(4-6-11)12-8-14(15-2-1-7-21-15)20-16(19)13(12)9-18/h1-8,12H,19H2. The molecule has 0 saturated heterocycles. The molecule has 3 nitrogen and oxygen atoms in total. The van der Waals surface area contributed by atoms with E-state index in [4.69, 9.17) is 10.5 Å². The van der Waals surface area contributed by atoms with Crippen LogP contribution in [0, 0.1) is 11.3 Å². The van der Waals surface area contributed by atoms with Gasteiger partial charge in [0.25, 0.3) is 0 Å². The van der Waals surface area contributed by atoms with Crippen molar-refractivity contribution < 1.29 is 4.74 Å². The van der Waals surface area contributed by atoms with E-state index in [0.29, 0.717) is 11.3 Å². The van der Waals surface area contributed by atoms with Gasteiger partial charge in [-0.3, -0.25) is 0 Å². The van der Waals surface area contributed by atoms with Crippen LogP contribution in [0.15, 0.2) is 63.8 Å². The maximum atomic E-state index is 9.36. The van der Waals surface area contributed by atoms with Crippen molar-refractivity contribution in [1.29, 1.82) is 5.26 Å². The second-order valence-corrected chi connectivity index (χ2v) is 6.39. The summed E-state index contributed by atoms with van der Waals surface area (Å²) in [6.07, 6.45) is 1.95. The number of nitrogens with two attached hydrogens (primary N) is 1. The number of nitriles is 1. The summed E-state index contributed by atoms with van der Waals surface area (Å²) >= 11 is 4.99. The van der Waals surface area contributed by atoms with Gasteiger partial charge in [-0.15, -0.1) is 11.3 Å². The Morgan fingerprint density at radius 1 is 1.24 bits per heavy atom. The van der Waals surface area contributed by atoms with Crippen LogP contribution in [0.4, 0.5) is 0 Å². The second-order valence-electron chi connectivity index (χ2n) is 4.53. The lowest BCUT2D eigenvalue weighted by Crippen LogP contribution is -2.15. The van der Waals surface area contributed by atoms with Crippen molar-refractivity contribution >= 4 is 33.0 Å². The topological polar surface area (TPSA) is 59.0 Å². The van der Waals surface area contributed by atoms with E-state index in [1.54, 1.807) is 11.3 Å². The first kappa shape index (κ1) is 13.9. The zero-order chi connectivity index (χ0) is 14.8. The smallest absolute Gasteiger partial charge is 0.205 e. The lowest BCUT2D eigenvalue weighted by atomic mass is 9.90. The molecule has 1 unspecified atom stereocenters. The maximum absolute atomic E-state index is 9.36. The summed E-state index contributed by atoms with van der Waals surface area (Å²) in [4.78, 5) is 0.997. The highest BCUT2D eigenvalue weighted by Crippen LogP contribution is 2.37. The van der Waals surface area contributed by atoms with Gasteiger partial charge in [0.15, 0.2) is 0 Å². The van der Waals surface area contributed by atoms with Gasteiger partial charge in [-0.05, 0) is 35.2 Å². The minimum Gasteiger partial charge on any atom is -0.439 e. The number of halogens is 1. The van der Waals surface area contributed by atoms with Crippen molar-refractivity contribution in [1.82, 2.24) is 0 Å². The Bertz CT molecular complexity index is 755. The van der Waals surface area contributed by atoms with E-state index < -0.39 is 0 Å². The van der Waals surface area contributed by atoms with Gasteiger partial charge in [0.1, 0.15) is 17.4 Å². The Hall–Kier alpha value is -2.03. The molecule has 0 saturated carbocycles. The largest absolute Gasteiger partial charge is 0.439 e. The number of hydrogen-bond acceptors (Lipinski definition) is 4. The molecular weight excluding hydrogens is 348 g/mol. The van der Waals surface area contributed by atoms with Crippen LogP contribution < -0.4 is 5.73 Å². The first-order valence-corrected chi connectivity index (χ1v) is 7.95. The molecule has 21 heavy (non-hydrogen) atoms. The van der Waals surface area contributed by atoms with Crippen LogP contribution in [0.2, 0.25) is 0 Å². The Labute approximate surface area is 135 Å². The molecule has 0 amide bonds. The molecule has 1 aliphatic rings. The van der Waals surface area contributed by atoms with Crippen LogP contribution in [0.3, 0.4) is 0 Å². The van der Waals surface area contributed by atoms with Gasteiger partial charge in [-0.2, -0.15) is 5.26 Å². The molecule has 2 N–H and O–H groups in total. The highest BCUT2D eigenvalue weighted by atomic mass is 79.9. The van der Waals surface area contributed by atoms with E-state index in [-0.39, 0.29) is 11.8 Å². The van der Waals surface area contributed by atoms with Crippen molar-refractivity contribution in [2.45, 2.75) is 5.92 Å². The number of hydrogen-bond donors (Lipinski definition) is 1.